The van der Waals surface area contributed by atoms with Crippen LogP contribution in [0.2, 0.25) is 0 Å². The van der Waals surface area contributed by atoms with E-state index in [1.165, 1.54) is 5.56 Å². The molecule has 0 saturated carbocycles. The molecule has 3 nitrogen and oxygen atoms in total. The second-order valence-corrected chi connectivity index (χ2v) is 8.19. The molecule has 0 aliphatic heterocycles. The first-order valence-electron chi connectivity index (χ1n) is 9.75. The van der Waals surface area contributed by atoms with Gasteiger partial charge in [0.2, 0.25) is 8.01 Å². The number of phenols is 1. The summed E-state index contributed by atoms with van der Waals surface area (Å²) in [5.74, 6) is 0.335. The van der Waals surface area contributed by atoms with Crippen molar-refractivity contribution in [1.29, 1.82) is 0 Å². The molecule has 4 aromatic carbocycles. The molecule has 0 unspecified atom stereocenters. The third kappa shape index (κ3) is 4.27. The lowest BCUT2D eigenvalue weighted by atomic mass is 10.0. The Hall–Kier alpha value is -3.42. The molecule has 30 heavy (non-hydrogen) atoms. The van der Waals surface area contributed by atoms with Crippen LogP contribution in [0.25, 0.3) is 33.1 Å². The third-order valence-corrected chi connectivity index (χ3v) is 5.77. The standard InChI is InChI=1S/C13H11O2P.C13H12O/c1-16-14-12-8-4-2-6-10(12)11-7-3-5-9-13(11)15-16;1-10-6-2-3-7-11(10)12-8-4-5-9-13(12)14/h2-9H,1H3;2-9,14H,1H3. The van der Waals surface area contributed by atoms with Crippen LogP contribution in [0.1, 0.15) is 5.56 Å². The molecule has 0 aliphatic carbocycles. The van der Waals surface area contributed by atoms with Crippen LogP contribution < -0.4 is 0 Å². The Balaban J connectivity index is 0.000000147. The van der Waals surface area contributed by atoms with E-state index >= 15 is 0 Å². The van der Waals surface area contributed by atoms with E-state index in [1.807, 2.05) is 92.5 Å². The van der Waals surface area contributed by atoms with Crippen molar-refractivity contribution in [3.63, 3.8) is 0 Å². The molecule has 0 fully saturated rings. The van der Waals surface area contributed by atoms with E-state index in [1.54, 1.807) is 6.07 Å². The lowest BCUT2D eigenvalue weighted by Gasteiger charge is -2.06. The Morgan fingerprint density at radius 2 is 1.07 bits per heavy atom. The van der Waals surface area contributed by atoms with Gasteiger partial charge in [-0.25, -0.2) is 0 Å². The smallest absolute Gasteiger partial charge is 0.213 e. The van der Waals surface area contributed by atoms with Crippen LogP contribution in [0.3, 0.4) is 0 Å². The van der Waals surface area contributed by atoms with Gasteiger partial charge in [-0.15, -0.1) is 0 Å². The normalized spacial score (nSPS) is 10.5. The van der Waals surface area contributed by atoms with Crippen molar-refractivity contribution in [2.75, 3.05) is 0 Å². The van der Waals surface area contributed by atoms with Crippen molar-refractivity contribution < 1.29 is 13.5 Å². The molecule has 0 saturated heterocycles. The highest BCUT2D eigenvalue weighted by atomic mass is 31.1. The molecule has 1 heterocycles. The first-order chi connectivity index (χ1) is 14.6. The average Bonchev–Trinajstić information content (AvgIpc) is 2.90. The molecule has 0 aliphatic rings. The van der Waals surface area contributed by atoms with Gasteiger partial charge in [-0.1, -0.05) is 78.9 Å². The molecule has 0 spiro atoms. The Morgan fingerprint density at radius 1 is 0.600 bits per heavy atom. The Bertz CT molecular complexity index is 1240. The third-order valence-electron chi connectivity index (χ3n) is 4.86. The van der Waals surface area contributed by atoms with Gasteiger partial charge in [0.1, 0.15) is 16.9 Å². The van der Waals surface area contributed by atoms with Crippen LogP contribution >= 0.6 is 8.01 Å². The Labute approximate surface area is 176 Å². The van der Waals surface area contributed by atoms with E-state index in [9.17, 15) is 5.11 Å². The highest BCUT2D eigenvalue weighted by molar-refractivity contribution is 7.35. The number of phenolic OH excluding ortho intramolecular Hbond substituents is 1. The summed E-state index contributed by atoms with van der Waals surface area (Å²) in [5.41, 5.74) is 4.97. The van der Waals surface area contributed by atoms with Gasteiger partial charge in [0, 0.05) is 23.0 Å². The van der Waals surface area contributed by atoms with Crippen molar-refractivity contribution in [3.05, 3.63) is 103 Å². The maximum absolute atomic E-state index is 9.69. The summed E-state index contributed by atoms with van der Waals surface area (Å²) in [6.07, 6.45) is 0. The van der Waals surface area contributed by atoms with Gasteiger partial charge in [0.05, 0.1) is 0 Å². The van der Waals surface area contributed by atoms with Gasteiger partial charge in [0.25, 0.3) is 0 Å². The number of fused-ring (bicyclic) bond motifs is 3. The average molecular weight is 414 g/mol. The quantitative estimate of drug-likeness (QED) is 0.301. The molecule has 5 rings (SSSR count). The van der Waals surface area contributed by atoms with E-state index < -0.39 is 8.01 Å². The number of aryl methyl sites for hydroxylation is 2. The van der Waals surface area contributed by atoms with Crippen molar-refractivity contribution in [1.82, 2.24) is 0 Å². The summed E-state index contributed by atoms with van der Waals surface area (Å²) >= 11 is 0. The Kier molecular flexibility index (Phi) is 5.92. The number of hydrogen-bond acceptors (Lipinski definition) is 3. The molecular weight excluding hydrogens is 391 g/mol. The molecule has 1 aromatic heterocycles. The molecule has 0 atom stereocenters. The number of hydrogen-bond donors (Lipinski definition) is 1. The summed E-state index contributed by atoms with van der Waals surface area (Å²) in [6, 6.07) is 31.5. The Morgan fingerprint density at radius 3 is 1.63 bits per heavy atom. The SMILES string of the molecule is Cc1ccccc1-c1ccccc1O.Cp1oc2ccccc2c2ccccc2o1. The van der Waals surface area contributed by atoms with Gasteiger partial charge in [-0.3, -0.25) is 0 Å². The minimum absolute atomic E-state index is 0.335. The summed E-state index contributed by atoms with van der Waals surface area (Å²) in [6.45, 7) is 4.01. The van der Waals surface area contributed by atoms with Crippen molar-refractivity contribution in [2.24, 2.45) is 6.66 Å². The fourth-order valence-corrected chi connectivity index (χ4v) is 4.32. The van der Waals surface area contributed by atoms with Gasteiger partial charge in [0.15, 0.2) is 0 Å². The monoisotopic (exact) mass is 414 g/mol. The number of para-hydroxylation sites is 3. The summed E-state index contributed by atoms with van der Waals surface area (Å²) in [4.78, 5) is 0. The maximum Gasteiger partial charge on any atom is 0.213 e. The fourth-order valence-electron chi connectivity index (χ4n) is 3.41. The lowest BCUT2D eigenvalue weighted by Crippen LogP contribution is -1.82. The van der Waals surface area contributed by atoms with Crippen LogP contribution in [-0.4, -0.2) is 5.11 Å². The highest BCUT2D eigenvalue weighted by Crippen LogP contribution is 2.32. The summed E-state index contributed by atoms with van der Waals surface area (Å²) in [7, 11) is -0.891. The zero-order valence-electron chi connectivity index (χ0n) is 16.9. The summed E-state index contributed by atoms with van der Waals surface area (Å²) in [5, 5.41) is 11.9. The van der Waals surface area contributed by atoms with Gasteiger partial charge in [-0.2, -0.15) is 0 Å². The largest absolute Gasteiger partial charge is 0.507 e. The predicted octanol–water partition coefficient (Wildman–Crippen LogP) is 8.19. The van der Waals surface area contributed by atoms with Crippen LogP contribution in [0, 0.1) is 6.92 Å². The van der Waals surface area contributed by atoms with Gasteiger partial charge in [-0.05, 0) is 36.2 Å². The van der Waals surface area contributed by atoms with E-state index in [0.29, 0.717) is 5.75 Å². The topological polar surface area (TPSA) is 46.5 Å². The number of benzene rings is 4. The molecule has 0 bridgehead atoms. The van der Waals surface area contributed by atoms with Crippen LogP contribution in [-0.2, 0) is 6.66 Å². The maximum atomic E-state index is 9.69. The number of aromatic hydroxyl groups is 1. The molecule has 1 N–H and O–H groups in total. The fraction of sp³-hybridized carbons (Fsp3) is 0.0769. The van der Waals surface area contributed by atoms with E-state index in [0.717, 1.165) is 33.1 Å². The first-order valence-corrected chi connectivity index (χ1v) is 11.4. The van der Waals surface area contributed by atoms with Gasteiger partial charge < -0.3 is 13.5 Å². The van der Waals surface area contributed by atoms with Crippen LogP contribution in [0.5, 0.6) is 5.75 Å². The molecule has 150 valence electrons. The van der Waals surface area contributed by atoms with Gasteiger partial charge >= 0.3 is 0 Å². The minimum atomic E-state index is -0.891. The van der Waals surface area contributed by atoms with Crippen molar-refractivity contribution >= 4 is 30.0 Å². The number of rotatable bonds is 1. The van der Waals surface area contributed by atoms with Crippen molar-refractivity contribution in [2.45, 2.75) is 6.92 Å². The molecule has 0 radical (unpaired) electrons. The van der Waals surface area contributed by atoms with Crippen LogP contribution in [0.4, 0.5) is 0 Å². The van der Waals surface area contributed by atoms with E-state index in [2.05, 4.69) is 12.1 Å². The second-order valence-electron chi connectivity index (χ2n) is 6.95. The molecule has 5 aromatic rings. The van der Waals surface area contributed by atoms with Crippen molar-refractivity contribution in [3.8, 4) is 16.9 Å². The minimum Gasteiger partial charge on any atom is -0.507 e. The van der Waals surface area contributed by atoms with E-state index in [4.69, 9.17) is 8.39 Å². The zero-order chi connectivity index (χ0) is 20.9. The zero-order valence-corrected chi connectivity index (χ0v) is 17.8. The lowest BCUT2D eigenvalue weighted by molar-refractivity contribution is 0.477. The predicted molar refractivity (Wildman–Crippen MR) is 126 cm³/mol. The van der Waals surface area contributed by atoms with Crippen LogP contribution in [0.15, 0.2) is 105 Å². The van der Waals surface area contributed by atoms with E-state index in [-0.39, 0.29) is 0 Å². The molecule has 4 heteroatoms. The molecule has 0 amide bonds. The second kappa shape index (κ2) is 8.94. The summed E-state index contributed by atoms with van der Waals surface area (Å²) < 4.78 is 11.6. The first kappa shape index (κ1) is 19.9. The highest BCUT2D eigenvalue weighted by Gasteiger charge is 2.04. The molecular formula is C26H23O3P.